The molecular weight excluding hydrogens is 271 g/mol. The molecule has 0 saturated carbocycles. The topological polar surface area (TPSA) is 43.4 Å². The summed E-state index contributed by atoms with van der Waals surface area (Å²) in [6, 6.07) is 2.86. The molecule has 0 spiro atoms. The zero-order valence-corrected chi connectivity index (χ0v) is 9.55. The highest BCUT2D eigenvalue weighted by Gasteiger charge is 2.13. The Bertz CT molecular complexity index is 390. The van der Waals surface area contributed by atoms with Crippen LogP contribution < -0.4 is 0 Å². The second kappa shape index (κ2) is 4.57. The van der Waals surface area contributed by atoms with Gasteiger partial charge in [0.1, 0.15) is 0 Å². The van der Waals surface area contributed by atoms with E-state index in [2.05, 4.69) is 20.7 Å². The van der Waals surface area contributed by atoms with E-state index in [0.29, 0.717) is 15.8 Å². The van der Waals surface area contributed by atoms with Crippen molar-refractivity contribution in [1.82, 2.24) is 0 Å². The number of esters is 1. The Morgan fingerprint density at radius 1 is 1.57 bits per heavy atom. The molecule has 0 aromatic heterocycles. The van der Waals surface area contributed by atoms with Gasteiger partial charge in [0.15, 0.2) is 6.29 Å². The Kier molecular flexibility index (Phi) is 3.66. The summed E-state index contributed by atoms with van der Waals surface area (Å²) >= 11 is 8.89. The monoisotopic (exact) mass is 276 g/mol. The van der Waals surface area contributed by atoms with Crippen LogP contribution in [0.1, 0.15) is 20.7 Å². The third-order valence-corrected chi connectivity index (χ3v) is 2.60. The van der Waals surface area contributed by atoms with Crippen molar-refractivity contribution in [3.05, 3.63) is 32.8 Å². The van der Waals surface area contributed by atoms with Gasteiger partial charge in [-0.2, -0.15) is 0 Å². The van der Waals surface area contributed by atoms with Gasteiger partial charge in [0, 0.05) is 10.0 Å². The Balaban J connectivity index is 3.30. The summed E-state index contributed by atoms with van der Waals surface area (Å²) in [5.41, 5.74) is 0.536. The number of halogens is 2. The number of rotatable bonds is 2. The first kappa shape index (κ1) is 11.2. The average molecular weight is 278 g/mol. The summed E-state index contributed by atoms with van der Waals surface area (Å²) in [5.74, 6) is -0.517. The molecule has 0 radical (unpaired) electrons. The van der Waals surface area contributed by atoms with Gasteiger partial charge in [-0.05, 0) is 28.1 Å². The normalized spacial score (nSPS) is 9.64. The zero-order valence-electron chi connectivity index (χ0n) is 7.21. The van der Waals surface area contributed by atoms with Gasteiger partial charge in [0.05, 0.1) is 17.7 Å². The molecular formula is C9H6BrClO3. The van der Waals surface area contributed by atoms with E-state index in [4.69, 9.17) is 11.6 Å². The van der Waals surface area contributed by atoms with Gasteiger partial charge < -0.3 is 4.74 Å². The fourth-order valence-electron chi connectivity index (χ4n) is 0.922. The Morgan fingerprint density at radius 2 is 2.21 bits per heavy atom. The lowest BCUT2D eigenvalue weighted by atomic mass is 10.1. The minimum atomic E-state index is -0.517. The summed E-state index contributed by atoms with van der Waals surface area (Å²) in [5, 5.41) is 0.291. The van der Waals surface area contributed by atoms with Crippen LogP contribution in [0.2, 0.25) is 5.02 Å². The van der Waals surface area contributed by atoms with Crippen molar-refractivity contribution in [1.29, 1.82) is 0 Å². The molecule has 0 heterocycles. The van der Waals surface area contributed by atoms with Gasteiger partial charge in [-0.15, -0.1) is 0 Å². The second-order valence-corrected chi connectivity index (χ2v) is 3.72. The first-order valence-corrected chi connectivity index (χ1v) is 4.79. The van der Waals surface area contributed by atoms with Crippen molar-refractivity contribution in [3.8, 4) is 0 Å². The summed E-state index contributed by atoms with van der Waals surface area (Å²) in [4.78, 5) is 21.8. The number of ether oxygens (including phenoxy) is 1. The molecule has 0 atom stereocenters. The van der Waals surface area contributed by atoms with Crippen molar-refractivity contribution < 1.29 is 14.3 Å². The molecule has 14 heavy (non-hydrogen) atoms. The van der Waals surface area contributed by atoms with E-state index in [1.54, 1.807) is 0 Å². The number of methoxy groups -OCH3 is 1. The van der Waals surface area contributed by atoms with Crippen LogP contribution in [-0.2, 0) is 4.74 Å². The number of hydrogen-bond acceptors (Lipinski definition) is 3. The van der Waals surface area contributed by atoms with Gasteiger partial charge in [-0.1, -0.05) is 11.6 Å². The third kappa shape index (κ3) is 2.13. The van der Waals surface area contributed by atoms with Crippen molar-refractivity contribution in [2.75, 3.05) is 7.11 Å². The number of aldehydes is 1. The van der Waals surface area contributed by atoms with Crippen LogP contribution in [0.3, 0.4) is 0 Å². The Hall–Kier alpha value is -0.870. The van der Waals surface area contributed by atoms with E-state index in [-0.39, 0.29) is 11.1 Å². The molecule has 0 aliphatic rings. The van der Waals surface area contributed by atoms with Crippen molar-refractivity contribution in [3.63, 3.8) is 0 Å². The van der Waals surface area contributed by atoms with E-state index >= 15 is 0 Å². The maximum absolute atomic E-state index is 11.2. The van der Waals surface area contributed by atoms with E-state index in [9.17, 15) is 9.59 Å². The Labute approximate surface area is 94.1 Å². The lowest BCUT2D eigenvalue weighted by Gasteiger charge is -2.04. The third-order valence-electron chi connectivity index (χ3n) is 1.62. The molecule has 1 rings (SSSR count). The lowest BCUT2D eigenvalue weighted by Crippen LogP contribution is -2.03. The molecule has 1 aromatic carbocycles. The predicted octanol–water partition coefficient (Wildman–Crippen LogP) is 2.70. The molecule has 0 bridgehead atoms. The molecule has 0 fully saturated rings. The van der Waals surface area contributed by atoms with Crippen LogP contribution in [0.15, 0.2) is 16.6 Å². The fourth-order valence-corrected chi connectivity index (χ4v) is 1.77. The second-order valence-electron chi connectivity index (χ2n) is 2.46. The first-order valence-electron chi connectivity index (χ1n) is 3.62. The molecule has 0 amide bonds. The van der Waals surface area contributed by atoms with Crippen LogP contribution in [0, 0.1) is 0 Å². The fraction of sp³-hybridized carbons (Fsp3) is 0.111. The van der Waals surface area contributed by atoms with Crippen molar-refractivity contribution >= 4 is 39.8 Å². The molecule has 0 saturated heterocycles. The molecule has 0 aliphatic carbocycles. The van der Waals surface area contributed by atoms with E-state index in [0.717, 1.165) is 0 Å². The molecule has 0 unspecified atom stereocenters. The number of benzene rings is 1. The highest BCUT2D eigenvalue weighted by molar-refractivity contribution is 9.10. The minimum absolute atomic E-state index is 0.260. The standard InChI is InChI=1S/C9H6BrClO3/c1-14-9(13)6-2-5(4-12)8(11)3-7(6)10/h2-4H,1H3. The first-order chi connectivity index (χ1) is 6.60. The minimum Gasteiger partial charge on any atom is -0.465 e. The number of hydrogen-bond donors (Lipinski definition) is 0. The Morgan fingerprint density at radius 3 is 2.71 bits per heavy atom. The van der Waals surface area contributed by atoms with Crippen LogP contribution in [0.5, 0.6) is 0 Å². The number of carbonyl (C=O) groups excluding carboxylic acids is 2. The largest absolute Gasteiger partial charge is 0.465 e. The zero-order chi connectivity index (χ0) is 10.7. The van der Waals surface area contributed by atoms with Crippen LogP contribution >= 0.6 is 27.5 Å². The van der Waals surface area contributed by atoms with Gasteiger partial charge >= 0.3 is 5.97 Å². The summed E-state index contributed by atoms with van der Waals surface area (Å²) in [7, 11) is 1.27. The highest BCUT2D eigenvalue weighted by atomic mass is 79.9. The van der Waals surface area contributed by atoms with Gasteiger partial charge in [0.2, 0.25) is 0 Å². The molecule has 3 nitrogen and oxygen atoms in total. The maximum atomic E-state index is 11.2. The number of carbonyl (C=O) groups is 2. The molecule has 74 valence electrons. The van der Waals surface area contributed by atoms with Crippen molar-refractivity contribution in [2.45, 2.75) is 0 Å². The molecule has 5 heteroatoms. The molecule has 0 aliphatic heterocycles. The van der Waals surface area contributed by atoms with Gasteiger partial charge in [0.25, 0.3) is 0 Å². The molecule has 1 aromatic rings. The van der Waals surface area contributed by atoms with Gasteiger partial charge in [-0.25, -0.2) is 4.79 Å². The summed E-state index contributed by atoms with van der Waals surface area (Å²) in [6.45, 7) is 0. The van der Waals surface area contributed by atoms with E-state index < -0.39 is 5.97 Å². The van der Waals surface area contributed by atoms with E-state index in [1.165, 1.54) is 19.2 Å². The van der Waals surface area contributed by atoms with Crippen LogP contribution in [0.25, 0.3) is 0 Å². The van der Waals surface area contributed by atoms with Crippen LogP contribution in [0.4, 0.5) is 0 Å². The lowest BCUT2D eigenvalue weighted by molar-refractivity contribution is 0.0599. The summed E-state index contributed by atoms with van der Waals surface area (Å²) in [6.07, 6.45) is 0.585. The van der Waals surface area contributed by atoms with Crippen LogP contribution in [-0.4, -0.2) is 19.4 Å². The predicted molar refractivity (Wildman–Crippen MR) is 55.9 cm³/mol. The van der Waals surface area contributed by atoms with Gasteiger partial charge in [-0.3, -0.25) is 4.79 Å². The average Bonchev–Trinajstić information content (AvgIpc) is 2.17. The molecule has 0 N–H and O–H groups in total. The quantitative estimate of drug-likeness (QED) is 0.616. The summed E-state index contributed by atoms with van der Waals surface area (Å²) < 4.78 is 5.03. The smallest absolute Gasteiger partial charge is 0.339 e. The SMILES string of the molecule is COC(=O)c1cc(C=O)c(Cl)cc1Br. The van der Waals surface area contributed by atoms with E-state index in [1.807, 2.05) is 0 Å². The highest BCUT2D eigenvalue weighted by Crippen LogP contribution is 2.25. The maximum Gasteiger partial charge on any atom is 0.339 e. The van der Waals surface area contributed by atoms with Crippen molar-refractivity contribution in [2.24, 2.45) is 0 Å².